The van der Waals surface area contributed by atoms with Crippen molar-refractivity contribution in [2.75, 3.05) is 13.2 Å². The molecule has 1 fully saturated rings. The summed E-state index contributed by atoms with van der Waals surface area (Å²) in [6.45, 7) is 1.88. The van der Waals surface area contributed by atoms with E-state index in [-0.39, 0.29) is 6.61 Å². The maximum absolute atomic E-state index is 9.76. The van der Waals surface area contributed by atoms with Gasteiger partial charge >= 0.3 is 0 Å². The van der Waals surface area contributed by atoms with E-state index in [4.69, 9.17) is 5.11 Å². The van der Waals surface area contributed by atoms with E-state index < -0.39 is 5.60 Å². The average molecular weight is 241 g/mol. The van der Waals surface area contributed by atoms with E-state index in [0.717, 1.165) is 0 Å². The van der Waals surface area contributed by atoms with Crippen molar-refractivity contribution in [2.24, 2.45) is 5.92 Å². The van der Waals surface area contributed by atoms with Crippen LogP contribution in [0.4, 0.5) is 0 Å². The standard InChI is InChI=1S/C12H19NO2S/c1-12(15,8-14)7-13-11(9-4-5-9)10-3-2-6-16-10/h2-3,6,9,11,13-15H,4-5,7-8H2,1H3. The summed E-state index contributed by atoms with van der Waals surface area (Å²) in [6.07, 6.45) is 2.52. The highest BCUT2D eigenvalue weighted by atomic mass is 32.1. The molecule has 1 aromatic rings. The Labute approximate surface area is 100 Å². The molecule has 2 atom stereocenters. The highest BCUT2D eigenvalue weighted by Crippen LogP contribution is 2.42. The van der Waals surface area contributed by atoms with Crippen molar-refractivity contribution in [2.45, 2.75) is 31.4 Å². The van der Waals surface area contributed by atoms with Crippen LogP contribution in [0.5, 0.6) is 0 Å². The number of hydrogen-bond donors (Lipinski definition) is 3. The van der Waals surface area contributed by atoms with Crippen molar-refractivity contribution in [3.8, 4) is 0 Å². The maximum atomic E-state index is 9.76. The quantitative estimate of drug-likeness (QED) is 0.708. The van der Waals surface area contributed by atoms with Crippen molar-refractivity contribution in [1.82, 2.24) is 5.32 Å². The minimum Gasteiger partial charge on any atom is -0.393 e. The predicted octanol–water partition coefficient (Wildman–Crippen LogP) is 1.53. The third kappa shape index (κ3) is 3.04. The van der Waals surface area contributed by atoms with Crippen LogP contribution in [0.3, 0.4) is 0 Å². The van der Waals surface area contributed by atoms with E-state index in [1.54, 1.807) is 18.3 Å². The molecule has 4 heteroatoms. The molecule has 1 aliphatic rings. The number of nitrogens with one attached hydrogen (secondary N) is 1. The molecular weight excluding hydrogens is 222 g/mol. The van der Waals surface area contributed by atoms with Gasteiger partial charge in [0, 0.05) is 17.5 Å². The third-order valence-electron chi connectivity index (χ3n) is 2.99. The number of thiophene rings is 1. The van der Waals surface area contributed by atoms with Crippen LogP contribution in [0.1, 0.15) is 30.7 Å². The first-order valence-electron chi connectivity index (χ1n) is 5.72. The molecule has 0 saturated heterocycles. The second-order valence-electron chi connectivity index (χ2n) is 4.87. The Morgan fingerprint density at radius 3 is 2.88 bits per heavy atom. The lowest BCUT2D eigenvalue weighted by molar-refractivity contribution is 0.000254. The molecule has 0 bridgehead atoms. The smallest absolute Gasteiger partial charge is 0.0973 e. The van der Waals surface area contributed by atoms with Crippen molar-refractivity contribution < 1.29 is 10.2 Å². The zero-order valence-electron chi connectivity index (χ0n) is 9.52. The van der Waals surface area contributed by atoms with E-state index >= 15 is 0 Å². The summed E-state index contributed by atoms with van der Waals surface area (Å²) in [5.74, 6) is 0.702. The van der Waals surface area contributed by atoms with Crippen molar-refractivity contribution in [1.29, 1.82) is 0 Å². The second-order valence-corrected chi connectivity index (χ2v) is 5.85. The van der Waals surface area contributed by atoms with Crippen LogP contribution in [0.15, 0.2) is 17.5 Å². The Morgan fingerprint density at radius 1 is 1.62 bits per heavy atom. The van der Waals surface area contributed by atoms with Gasteiger partial charge in [-0.25, -0.2) is 0 Å². The molecule has 0 radical (unpaired) electrons. The number of hydrogen-bond acceptors (Lipinski definition) is 4. The highest BCUT2D eigenvalue weighted by Gasteiger charge is 2.34. The Bertz CT molecular complexity index is 320. The SMILES string of the molecule is CC(O)(CO)CNC(c1cccs1)C1CC1. The van der Waals surface area contributed by atoms with Gasteiger partial charge in [-0.15, -0.1) is 11.3 Å². The van der Waals surface area contributed by atoms with Gasteiger partial charge in [-0.1, -0.05) is 6.07 Å². The molecule has 0 aromatic carbocycles. The first kappa shape index (κ1) is 12.0. The molecule has 0 spiro atoms. The fourth-order valence-corrected chi connectivity index (χ4v) is 2.68. The number of rotatable bonds is 6. The Morgan fingerprint density at radius 2 is 2.38 bits per heavy atom. The van der Waals surface area contributed by atoms with E-state index in [0.29, 0.717) is 18.5 Å². The molecule has 0 amide bonds. The number of aliphatic hydroxyl groups is 2. The highest BCUT2D eigenvalue weighted by molar-refractivity contribution is 7.10. The summed E-state index contributed by atoms with van der Waals surface area (Å²) in [6, 6.07) is 4.54. The zero-order valence-corrected chi connectivity index (χ0v) is 10.3. The Hall–Kier alpha value is -0.420. The van der Waals surface area contributed by atoms with Crippen LogP contribution in [0.25, 0.3) is 0 Å². The minimum atomic E-state index is -1.02. The monoisotopic (exact) mass is 241 g/mol. The molecule has 2 rings (SSSR count). The molecule has 90 valence electrons. The van der Waals surface area contributed by atoms with Gasteiger partial charge in [0.2, 0.25) is 0 Å². The normalized spacial score (nSPS) is 21.7. The van der Waals surface area contributed by atoms with Gasteiger partial charge in [0.05, 0.1) is 12.2 Å². The van der Waals surface area contributed by atoms with E-state index in [2.05, 4.69) is 22.8 Å². The van der Waals surface area contributed by atoms with Gasteiger partial charge in [0.1, 0.15) is 0 Å². The van der Waals surface area contributed by atoms with Crippen LogP contribution in [-0.2, 0) is 0 Å². The Balaban J connectivity index is 1.94. The zero-order chi connectivity index (χ0) is 11.6. The summed E-state index contributed by atoms with van der Waals surface area (Å²) >= 11 is 1.75. The van der Waals surface area contributed by atoms with Gasteiger partial charge in [0.15, 0.2) is 0 Å². The first-order valence-corrected chi connectivity index (χ1v) is 6.60. The summed E-state index contributed by atoms with van der Waals surface area (Å²) in [5, 5.41) is 24.2. The summed E-state index contributed by atoms with van der Waals surface area (Å²) < 4.78 is 0. The van der Waals surface area contributed by atoms with Gasteiger partial charge in [-0.05, 0) is 37.1 Å². The van der Waals surface area contributed by atoms with Crippen LogP contribution in [-0.4, -0.2) is 29.0 Å². The topological polar surface area (TPSA) is 52.5 Å². The lowest BCUT2D eigenvalue weighted by atomic mass is 10.1. The van der Waals surface area contributed by atoms with Gasteiger partial charge < -0.3 is 15.5 Å². The van der Waals surface area contributed by atoms with Crippen LogP contribution in [0, 0.1) is 5.92 Å². The fraction of sp³-hybridized carbons (Fsp3) is 0.667. The summed E-state index contributed by atoms with van der Waals surface area (Å²) in [4.78, 5) is 1.33. The first-order chi connectivity index (χ1) is 7.62. The second kappa shape index (κ2) is 4.84. The molecule has 3 N–H and O–H groups in total. The average Bonchev–Trinajstić information content (AvgIpc) is 2.94. The van der Waals surface area contributed by atoms with Crippen molar-refractivity contribution >= 4 is 11.3 Å². The third-order valence-corrected chi connectivity index (χ3v) is 3.94. The molecule has 1 saturated carbocycles. The van der Waals surface area contributed by atoms with Crippen molar-refractivity contribution in [3.63, 3.8) is 0 Å². The maximum Gasteiger partial charge on any atom is 0.0973 e. The molecule has 0 aliphatic heterocycles. The molecule has 1 aromatic heterocycles. The molecule has 16 heavy (non-hydrogen) atoms. The van der Waals surface area contributed by atoms with Gasteiger partial charge in [-0.3, -0.25) is 0 Å². The molecule has 3 nitrogen and oxygen atoms in total. The largest absolute Gasteiger partial charge is 0.393 e. The summed E-state index contributed by atoms with van der Waals surface area (Å²) in [7, 11) is 0. The lowest BCUT2D eigenvalue weighted by Crippen LogP contribution is -2.42. The molecule has 2 unspecified atom stereocenters. The van der Waals surface area contributed by atoms with Crippen LogP contribution in [0.2, 0.25) is 0 Å². The molecule has 1 aliphatic carbocycles. The lowest BCUT2D eigenvalue weighted by Gasteiger charge is -2.25. The minimum absolute atomic E-state index is 0.207. The van der Waals surface area contributed by atoms with Crippen LogP contribution >= 0.6 is 11.3 Å². The molecular formula is C12H19NO2S. The van der Waals surface area contributed by atoms with Crippen molar-refractivity contribution in [3.05, 3.63) is 22.4 Å². The molecule has 1 heterocycles. The van der Waals surface area contributed by atoms with Gasteiger partial charge in [0.25, 0.3) is 0 Å². The number of aliphatic hydroxyl groups excluding tert-OH is 1. The van der Waals surface area contributed by atoms with Crippen LogP contribution < -0.4 is 5.32 Å². The summed E-state index contributed by atoms with van der Waals surface area (Å²) in [5.41, 5.74) is -1.02. The predicted molar refractivity (Wildman–Crippen MR) is 65.5 cm³/mol. The Kier molecular flexibility index (Phi) is 3.64. The van der Waals surface area contributed by atoms with E-state index in [9.17, 15) is 5.11 Å². The van der Waals surface area contributed by atoms with Gasteiger partial charge in [-0.2, -0.15) is 0 Å². The fourth-order valence-electron chi connectivity index (χ4n) is 1.78. The van der Waals surface area contributed by atoms with E-state index in [1.807, 2.05) is 0 Å². The van der Waals surface area contributed by atoms with E-state index in [1.165, 1.54) is 17.7 Å².